The van der Waals surface area contributed by atoms with Gasteiger partial charge in [0.2, 0.25) is 0 Å². The molecule has 0 radical (unpaired) electrons. The fourth-order valence-corrected chi connectivity index (χ4v) is 3.91. The number of allylic oxidation sites excluding steroid dienone is 2. The Bertz CT molecular complexity index is 727. The second-order valence-electron chi connectivity index (χ2n) is 8.06. The highest BCUT2D eigenvalue weighted by molar-refractivity contribution is 5.61. The minimum Gasteiger partial charge on any atom is -0.383 e. The average molecular weight is 371 g/mol. The number of aryl methyl sites for hydroxylation is 1. The maximum atomic E-state index is 4.48. The summed E-state index contributed by atoms with van der Waals surface area (Å²) in [5, 5.41) is 9.86. The third kappa shape index (κ3) is 5.23. The molecule has 0 saturated heterocycles. The molecule has 3 rings (SSSR count). The normalized spacial score (nSPS) is 18.6. The van der Waals surface area contributed by atoms with Gasteiger partial charge >= 0.3 is 0 Å². The highest BCUT2D eigenvalue weighted by atomic mass is 15.5. The molecule has 2 N–H and O–H groups in total. The van der Waals surface area contributed by atoms with Crippen LogP contribution in [0.3, 0.4) is 0 Å². The van der Waals surface area contributed by atoms with Crippen LogP contribution in [0.4, 0.5) is 5.82 Å². The Kier molecular flexibility index (Phi) is 6.39. The lowest BCUT2D eigenvalue weighted by Crippen LogP contribution is -2.37. The zero-order valence-electron chi connectivity index (χ0n) is 17.3. The van der Waals surface area contributed by atoms with Crippen LogP contribution >= 0.6 is 0 Å². The number of nitrogens with zero attached hydrogens (tertiary/aromatic N) is 4. The summed E-state index contributed by atoms with van der Waals surface area (Å²) in [6, 6.07) is 2.02. The lowest BCUT2D eigenvalue weighted by Gasteiger charge is -2.33. The van der Waals surface area contributed by atoms with Crippen LogP contribution in [0.15, 0.2) is 35.9 Å². The van der Waals surface area contributed by atoms with Crippen LogP contribution in [0, 0.1) is 5.92 Å². The minimum atomic E-state index is 0.565. The van der Waals surface area contributed by atoms with Gasteiger partial charge in [-0.05, 0) is 30.8 Å². The Morgan fingerprint density at radius 1 is 1.37 bits per heavy atom. The van der Waals surface area contributed by atoms with Crippen LogP contribution in [-0.4, -0.2) is 60.0 Å². The van der Waals surface area contributed by atoms with Gasteiger partial charge < -0.3 is 10.7 Å². The van der Waals surface area contributed by atoms with Crippen LogP contribution in [0.25, 0.3) is 5.70 Å². The molecule has 2 heterocycles. The first-order valence-electron chi connectivity index (χ1n) is 9.93. The first kappa shape index (κ1) is 19.7. The smallest absolute Gasteiger partial charge is 0.163 e. The van der Waals surface area contributed by atoms with Crippen molar-refractivity contribution in [1.29, 1.82) is 0 Å². The second kappa shape index (κ2) is 8.76. The van der Waals surface area contributed by atoms with Gasteiger partial charge in [0.25, 0.3) is 0 Å². The van der Waals surface area contributed by atoms with Crippen molar-refractivity contribution >= 4 is 11.5 Å². The molecule has 148 valence electrons. The Morgan fingerprint density at radius 2 is 2.19 bits per heavy atom. The average Bonchev–Trinajstić information content (AvgIpc) is 2.99. The van der Waals surface area contributed by atoms with E-state index in [2.05, 4.69) is 46.4 Å². The lowest BCUT2D eigenvalue weighted by atomic mass is 9.91. The molecule has 1 aromatic rings. The Morgan fingerprint density at radius 3 is 2.96 bits per heavy atom. The van der Waals surface area contributed by atoms with E-state index in [1.807, 2.05) is 36.9 Å². The zero-order valence-corrected chi connectivity index (χ0v) is 17.3. The van der Waals surface area contributed by atoms with Gasteiger partial charge in [0.15, 0.2) is 5.82 Å². The quantitative estimate of drug-likeness (QED) is 0.689. The van der Waals surface area contributed by atoms with Crippen molar-refractivity contribution in [3.05, 3.63) is 41.6 Å². The predicted molar refractivity (Wildman–Crippen MR) is 113 cm³/mol. The maximum absolute atomic E-state index is 4.48. The second-order valence-corrected chi connectivity index (χ2v) is 8.06. The molecule has 1 aliphatic heterocycles. The van der Waals surface area contributed by atoms with Crippen molar-refractivity contribution in [2.75, 3.05) is 45.7 Å². The van der Waals surface area contributed by atoms with E-state index in [1.165, 1.54) is 25.8 Å². The Balaban J connectivity index is 1.47. The van der Waals surface area contributed by atoms with Crippen LogP contribution in [0.2, 0.25) is 0 Å². The van der Waals surface area contributed by atoms with Crippen molar-refractivity contribution in [2.45, 2.75) is 26.2 Å². The third-order valence-corrected chi connectivity index (χ3v) is 5.26. The van der Waals surface area contributed by atoms with Gasteiger partial charge in [-0.1, -0.05) is 31.2 Å². The molecule has 0 spiro atoms. The highest BCUT2D eigenvalue weighted by Gasteiger charge is 2.20. The summed E-state index contributed by atoms with van der Waals surface area (Å²) in [6.07, 6.45) is 8.33. The number of aromatic nitrogens is 2. The van der Waals surface area contributed by atoms with Crippen LogP contribution in [0.1, 0.15) is 31.9 Å². The molecule has 0 aromatic carbocycles. The fourth-order valence-electron chi connectivity index (χ4n) is 3.91. The molecule has 0 saturated carbocycles. The SMILES string of the molecule is C=C(NCC(C)CN1CCC2=C(CCC=C2)C1)c1cc(NN(C)C)nn1C. The topological polar surface area (TPSA) is 48.4 Å². The van der Waals surface area contributed by atoms with Crippen molar-refractivity contribution in [3.8, 4) is 0 Å². The number of nitrogens with one attached hydrogen (secondary N) is 2. The van der Waals surface area contributed by atoms with E-state index in [0.29, 0.717) is 5.92 Å². The minimum absolute atomic E-state index is 0.565. The van der Waals surface area contributed by atoms with E-state index in [9.17, 15) is 0 Å². The van der Waals surface area contributed by atoms with Gasteiger partial charge in [-0.2, -0.15) is 5.10 Å². The first-order valence-corrected chi connectivity index (χ1v) is 9.93. The Labute approximate surface area is 163 Å². The molecule has 27 heavy (non-hydrogen) atoms. The van der Waals surface area contributed by atoms with Crippen molar-refractivity contribution < 1.29 is 0 Å². The Hall–Kier alpha value is -2.05. The molecule has 1 aliphatic carbocycles. The molecule has 2 aliphatic rings. The lowest BCUT2D eigenvalue weighted by molar-refractivity contribution is 0.244. The van der Waals surface area contributed by atoms with Gasteiger partial charge in [-0.15, -0.1) is 0 Å². The number of rotatable bonds is 8. The summed E-state index contributed by atoms with van der Waals surface area (Å²) in [5.74, 6) is 1.39. The van der Waals surface area contributed by atoms with E-state index in [4.69, 9.17) is 0 Å². The molecule has 6 nitrogen and oxygen atoms in total. The first-order chi connectivity index (χ1) is 12.9. The molecule has 0 fully saturated rings. The van der Waals surface area contributed by atoms with Crippen molar-refractivity contribution in [1.82, 2.24) is 25.0 Å². The molecule has 0 bridgehead atoms. The van der Waals surface area contributed by atoms with Gasteiger partial charge in [0, 0.05) is 53.4 Å². The fraction of sp³-hybridized carbons (Fsp3) is 0.571. The standard InChI is InChI=1S/C21H34N6/c1-16(14-27-11-10-18-8-6-7-9-19(18)15-27)13-22-17(2)20-12-21(23-25(3)4)24-26(20)5/h6,8,12,16,22H,2,7,9-11,13-15H2,1,3-5H3,(H,23,24). The predicted octanol–water partition coefficient (Wildman–Crippen LogP) is 2.86. The van der Waals surface area contributed by atoms with Gasteiger partial charge in [0.1, 0.15) is 0 Å². The largest absolute Gasteiger partial charge is 0.383 e. The van der Waals surface area contributed by atoms with Crippen LogP contribution in [-0.2, 0) is 7.05 Å². The summed E-state index contributed by atoms with van der Waals surface area (Å²) in [7, 11) is 5.85. The van der Waals surface area contributed by atoms with Crippen molar-refractivity contribution in [2.24, 2.45) is 13.0 Å². The molecular formula is C21H34N6. The number of hydrogen-bond acceptors (Lipinski definition) is 5. The highest BCUT2D eigenvalue weighted by Crippen LogP contribution is 2.27. The zero-order chi connectivity index (χ0) is 19.4. The molecular weight excluding hydrogens is 336 g/mol. The summed E-state index contributed by atoms with van der Waals surface area (Å²) in [5.41, 5.74) is 8.36. The van der Waals surface area contributed by atoms with E-state index < -0.39 is 0 Å². The summed E-state index contributed by atoms with van der Waals surface area (Å²) < 4.78 is 1.86. The summed E-state index contributed by atoms with van der Waals surface area (Å²) >= 11 is 0. The summed E-state index contributed by atoms with van der Waals surface area (Å²) in [6.45, 7) is 10.9. The molecule has 6 heteroatoms. The summed E-state index contributed by atoms with van der Waals surface area (Å²) in [4.78, 5) is 2.61. The number of hydrogen-bond donors (Lipinski definition) is 2. The van der Waals surface area contributed by atoms with E-state index in [1.54, 1.807) is 11.1 Å². The van der Waals surface area contributed by atoms with E-state index in [0.717, 1.165) is 36.8 Å². The van der Waals surface area contributed by atoms with E-state index >= 15 is 0 Å². The maximum Gasteiger partial charge on any atom is 0.163 e. The number of anilines is 1. The van der Waals surface area contributed by atoms with Gasteiger partial charge in [-0.3, -0.25) is 9.58 Å². The molecule has 1 atom stereocenters. The van der Waals surface area contributed by atoms with Crippen molar-refractivity contribution in [3.63, 3.8) is 0 Å². The monoisotopic (exact) mass is 370 g/mol. The van der Waals surface area contributed by atoms with Gasteiger partial charge in [-0.25, -0.2) is 5.01 Å². The van der Waals surface area contributed by atoms with Crippen LogP contribution < -0.4 is 10.7 Å². The van der Waals surface area contributed by atoms with Gasteiger partial charge in [0.05, 0.1) is 11.4 Å². The molecule has 0 amide bonds. The third-order valence-electron chi connectivity index (χ3n) is 5.26. The van der Waals surface area contributed by atoms with E-state index in [-0.39, 0.29) is 0 Å². The molecule has 1 unspecified atom stereocenters. The number of hydrazine groups is 1. The van der Waals surface area contributed by atoms with Crippen LogP contribution in [0.5, 0.6) is 0 Å². The molecule has 1 aromatic heterocycles.